The summed E-state index contributed by atoms with van der Waals surface area (Å²) in [5, 5.41) is 14.8. The van der Waals surface area contributed by atoms with Crippen molar-refractivity contribution in [2.75, 3.05) is 11.9 Å². The van der Waals surface area contributed by atoms with Gasteiger partial charge in [-0.25, -0.2) is 13.8 Å². The number of halogens is 2. The van der Waals surface area contributed by atoms with Crippen LogP contribution in [0.3, 0.4) is 0 Å². The molecule has 138 valence electrons. The zero-order chi connectivity index (χ0) is 19.4. The van der Waals surface area contributed by atoms with Crippen molar-refractivity contribution in [3.8, 4) is 17.0 Å². The Morgan fingerprint density at radius 2 is 1.96 bits per heavy atom. The van der Waals surface area contributed by atoms with Gasteiger partial charge in [-0.15, -0.1) is 11.3 Å². The molecule has 1 heterocycles. The molecule has 0 aliphatic carbocycles. The smallest absolute Gasteiger partial charge is 0.269 e. The van der Waals surface area contributed by atoms with Gasteiger partial charge in [-0.05, 0) is 30.3 Å². The molecule has 7 nitrogen and oxygen atoms in total. The molecule has 0 spiro atoms. The van der Waals surface area contributed by atoms with Crippen LogP contribution in [0, 0.1) is 21.7 Å². The van der Waals surface area contributed by atoms with Crippen LogP contribution >= 0.6 is 11.3 Å². The van der Waals surface area contributed by atoms with Gasteiger partial charge >= 0.3 is 0 Å². The number of amides is 1. The van der Waals surface area contributed by atoms with Crippen molar-refractivity contribution in [1.82, 2.24) is 4.98 Å². The summed E-state index contributed by atoms with van der Waals surface area (Å²) in [5.74, 6) is -1.45. The van der Waals surface area contributed by atoms with Crippen molar-refractivity contribution in [2.45, 2.75) is 0 Å². The van der Waals surface area contributed by atoms with E-state index in [1.165, 1.54) is 29.6 Å². The Morgan fingerprint density at radius 3 is 2.67 bits per heavy atom. The topological polar surface area (TPSA) is 94.4 Å². The molecule has 1 N–H and O–H groups in total. The highest BCUT2D eigenvalue weighted by molar-refractivity contribution is 7.14. The maximum atomic E-state index is 13.8. The Morgan fingerprint density at radius 1 is 1.22 bits per heavy atom. The number of ether oxygens (including phenoxy) is 1. The minimum absolute atomic E-state index is 0.00567. The number of carbonyl (C=O) groups excluding carboxylic acids is 1. The second kappa shape index (κ2) is 7.87. The molecule has 0 aliphatic rings. The van der Waals surface area contributed by atoms with Gasteiger partial charge in [0.25, 0.3) is 11.6 Å². The first-order valence-electron chi connectivity index (χ1n) is 7.50. The summed E-state index contributed by atoms with van der Waals surface area (Å²) in [5.41, 5.74) is 0.101. The molecular weight excluding hydrogens is 380 g/mol. The number of anilines is 1. The van der Waals surface area contributed by atoms with Crippen molar-refractivity contribution >= 4 is 28.1 Å². The fourth-order valence-electron chi connectivity index (χ4n) is 2.12. The van der Waals surface area contributed by atoms with Gasteiger partial charge in [0.2, 0.25) is 0 Å². The van der Waals surface area contributed by atoms with E-state index in [1.54, 1.807) is 0 Å². The van der Waals surface area contributed by atoms with Crippen LogP contribution < -0.4 is 10.1 Å². The highest BCUT2D eigenvalue weighted by Gasteiger charge is 2.13. The number of thiazole rings is 1. The summed E-state index contributed by atoms with van der Waals surface area (Å²) in [7, 11) is 0. The summed E-state index contributed by atoms with van der Waals surface area (Å²) in [4.78, 5) is 26.0. The van der Waals surface area contributed by atoms with Crippen LogP contribution in [-0.2, 0) is 4.79 Å². The van der Waals surface area contributed by atoms with Gasteiger partial charge in [-0.1, -0.05) is 0 Å². The van der Waals surface area contributed by atoms with Crippen molar-refractivity contribution < 1.29 is 23.2 Å². The lowest BCUT2D eigenvalue weighted by Crippen LogP contribution is -2.20. The monoisotopic (exact) mass is 391 g/mol. The quantitative estimate of drug-likeness (QED) is 0.506. The molecule has 3 aromatic rings. The molecule has 10 heteroatoms. The van der Waals surface area contributed by atoms with E-state index in [0.29, 0.717) is 0 Å². The Hall–Kier alpha value is -3.40. The van der Waals surface area contributed by atoms with Crippen molar-refractivity contribution in [1.29, 1.82) is 0 Å². The predicted octanol–water partition coefficient (Wildman–Crippen LogP) is 4.01. The molecule has 0 fully saturated rings. The first-order chi connectivity index (χ1) is 12.9. The molecule has 2 aromatic carbocycles. The molecule has 27 heavy (non-hydrogen) atoms. The van der Waals surface area contributed by atoms with Crippen LogP contribution in [0.4, 0.5) is 19.6 Å². The number of rotatable bonds is 6. The molecule has 1 amide bonds. The van der Waals surface area contributed by atoms with E-state index in [4.69, 9.17) is 4.74 Å². The van der Waals surface area contributed by atoms with Crippen LogP contribution in [0.5, 0.6) is 5.75 Å². The minimum atomic E-state index is -0.624. The Balaban J connectivity index is 1.59. The Kier molecular flexibility index (Phi) is 5.36. The van der Waals surface area contributed by atoms with E-state index in [-0.39, 0.29) is 34.4 Å². The van der Waals surface area contributed by atoms with Gasteiger partial charge in [0, 0.05) is 23.1 Å². The molecule has 0 atom stereocenters. The number of nitro benzene ring substituents is 1. The van der Waals surface area contributed by atoms with Gasteiger partial charge in [0.05, 0.1) is 10.6 Å². The molecule has 0 radical (unpaired) electrons. The summed E-state index contributed by atoms with van der Waals surface area (Å²) in [6.45, 7) is -0.346. The fourth-order valence-corrected chi connectivity index (χ4v) is 2.84. The van der Waals surface area contributed by atoms with E-state index in [0.717, 1.165) is 29.5 Å². The van der Waals surface area contributed by atoms with Crippen molar-refractivity contribution in [3.05, 3.63) is 69.6 Å². The number of benzene rings is 2. The molecule has 0 saturated heterocycles. The lowest BCUT2D eigenvalue weighted by molar-refractivity contribution is -0.384. The van der Waals surface area contributed by atoms with E-state index >= 15 is 0 Å². The van der Waals surface area contributed by atoms with Gasteiger partial charge in [-0.3, -0.25) is 20.2 Å². The lowest BCUT2D eigenvalue weighted by Gasteiger charge is -2.05. The third-order valence-electron chi connectivity index (χ3n) is 3.37. The van der Waals surface area contributed by atoms with Gasteiger partial charge < -0.3 is 4.74 Å². The second-order valence-corrected chi connectivity index (χ2v) is 6.11. The molecule has 0 aliphatic heterocycles. The molecule has 0 unspecified atom stereocenters. The summed E-state index contributed by atoms with van der Waals surface area (Å²) < 4.78 is 32.3. The zero-order valence-corrected chi connectivity index (χ0v) is 14.3. The largest absolute Gasteiger partial charge is 0.484 e. The standard InChI is InChI=1S/C17H11F2N3O4S/c18-10-1-6-14(19)13(7-10)15-9-27-17(20-15)21-16(23)8-26-12-4-2-11(3-5-12)22(24)25/h1-7,9H,8H2,(H,20,21,23). The van der Waals surface area contributed by atoms with E-state index in [1.807, 2.05) is 0 Å². The normalized spacial score (nSPS) is 10.4. The summed E-state index contributed by atoms with van der Waals surface area (Å²) in [6.07, 6.45) is 0. The maximum Gasteiger partial charge on any atom is 0.269 e. The molecule has 0 bridgehead atoms. The Bertz CT molecular complexity index is 992. The number of nitrogens with zero attached hydrogens (tertiary/aromatic N) is 2. The molecule has 0 saturated carbocycles. The third kappa shape index (κ3) is 4.61. The summed E-state index contributed by atoms with van der Waals surface area (Å²) >= 11 is 1.05. The van der Waals surface area contributed by atoms with Crippen molar-refractivity contribution in [2.24, 2.45) is 0 Å². The average molecular weight is 391 g/mol. The number of carbonyl (C=O) groups is 1. The first kappa shape index (κ1) is 18.4. The highest BCUT2D eigenvalue weighted by atomic mass is 32.1. The van der Waals surface area contributed by atoms with Gasteiger partial charge in [0.1, 0.15) is 17.4 Å². The van der Waals surface area contributed by atoms with Crippen LogP contribution in [0.15, 0.2) is 47.8 Å². The second-order valence-electron chi connectivity index (χ2n) is 5.25. The van der Waals surface area contributed by atoms with Crippen LogP contribution in [-0.4, -0.2) is 22.4 Å². The fraction of sp³-hybridized carbons (Fsp3) is 0.0588. The van der Waals surface area contributed by atoms with Crippen molar-refractivity contribution in [3.63, 3.8) is 0 Å². The minimum Gasteiger partial charge on any atom is -0.484 e. The number of nitrogens with one attached hydrogen (secondary N) is 1. The molecule has 1 aromatic heterocycles. The van der Waals surface area contributed by atoms with Crippen LogP contribution in [0.25, 0.3) is 11.3 Å². The SMILES string of the molecule is O=C(COc1ccc([N+](=O)[O-])cc1)Nc1nc(-c2cc(F)ccc2F)cs1. The van der Waals surface area contributed by atoms with Gasteiger partial charge in [-0.2, -0.15) is 0 Å². The number of aromatic nitrogens is 1. The lowest BCUT2D eigenvalue weighted by atomic mass is 10.1. The van der Waals surface area contributed by atoms with Crippen LogP contribution in [0.2, 0.25) is 0 Å². The molecular formula is C17H11F2N3O4S. The number of non-ortho nitro benzene ring substituents is 1. The van der Waals surface area contributed by atoms with E-state index in [9.17, 15) is 23.7 Å². The third-order valence-corrected chi connectivity index (χ3v) is 4.13. The van der Waals surface area contributed by atoms with Gasteiger partial charge in [0.15, 0.2) is 11.7 Å². The highest BCUT2D eigenvalue weighted by Crippen LogP contribution is 2.27. The average Bonchev–Trinajstić information content (AvgIpc) is 3.10. The first-order valence-corrected chi connectivity index (χ1v) is 8.38. The van der Waals surface area contributed by atoms with E-state index in [2.05, 4.69) is 10.3 Å². The number of hydrogen-bond acceptors (Lipinski definition) is 6. The Labute approximate surface area is 155 Å². The maximum absolute atomic E-state index is 13.8. The van der Waals surface area contributed by atoms with Crippen LogP contribution in [0.1, 0.15) is 0 Å². The molecule has 3 rings (SSSR count). The predicted molar refractivity (Wildman–Crippen MR) is 94.7 cm³/mol. The summed E-state index contributed by atoms with van der Waals surface area (Å²) in [6, 6.07) is 8.29. The number of hydrogen-bond donors (Lipinski definition) is 1. The van der Waals surface area contributed by atoms with E-state index < -0.39 is 22.5 Å². The number of nitro groups is 1. The zero-order valence-electron chi connectivity index (χ0n) is 13.5.